The second-order valence-corrected chi connectivity index (χ2v) is 10.4. The molecule has 5 heteroatoms. The lowest BCUT2D eigenvalue weighted by atomic mass is 9.45. The predicted octanol–water partition coefficient (Wildman–Crippen LogP) is 3.28. The number of carbonyl (C=O) groups excluding carboxylic acids is 3. The third kappa shape index (κ3) is 1.66. The summed E-state index contributed by atoms with van der Waals surface area (Å²) in [5, 5.41) is 0. The van der Waals surface area contributed by atoms with Crippen LogP contribution in [0.1, 0.15) is 58.8 Å². The minimum Gasteiger partial charge on any atom is -0.457 e. The highest BCUT2D eigenvalue weighted by Crippen LogP contribution is 2.71. The standard InChI is InChI=1S/C23H26O5/c1-20-8-4-15-18(16(20)5-9-22(20)10-6-17(25)27-22)14-12-23(28-19(14)26)11-13(24)3-7-21(15,23)2/h4,6,10,14,16,18H,3,5,7-9,11-12H2,1-2H3/t14-,16+,18-,20+,21-,22-,23+/m1/s1. The first-order valence-corrected chi connectivity index (χ1v) is 10.6. The summed E-state index contributed by atoms with van der Waals surface area (Å²) >= 11 is 0. The fourth-order valence-electron chi connectivity index (χ4n) is 7.94. The van der Waals surface area contributed by atoms with Gasteiger partial charge in [0.1, 0.15) is 17.0 Å². The Labute approximate surface area is 164 Å². The van der Waals surface area contributed by atoms with Crippen molar-refractivity contribution in [2.45, 2.75) is 70.0 Å². The number of fused-ring (bicyclic) bond motifs is 7. The normalized spacial score (nSPS) is 53.4. The van der Waals surface area contributed by atoms with Crippen LogP contribution in [0.15, 0.2) is 23.8 Å². The van der Waals surface area contributed by atoms with Crippen LogP contribution in [0.25, 0.3) is 0 Å². The maximum atomic E-state index is 13.0. The molecule has 4 aliphatic carbocycles. The van der Waals surface area contributed by atoms with Crippen molar-refractivity contribution in [2.24, 2.45) is 28.6 Å². The molecule has 3 saturated carbocycles. The van der Waals surface area contributed by atoms with Crippen molar-refractivity contribution < 1.29 is 23.9 Å². The van der Waals surface area contributed by atoms with Crippen LogP contribution in [0.5, 0.6) is 0 Å². The molecule has 6 rings (SSSR count). The van der Waals surface area contributed by atoms with Gasteiger partial charge in [-0.15, -0.1) is 0 Å². The van der Waals surface area contributed by atoms with E-state index in [1.54, 1.807) is 6.08 Å². The first kappa shape index (κ1) is 17.0. The van der Waals surface area contributed by atoms with Gasteiger partial charge in [0.05, 0.1) is 5.92 Å². The topological polar surface area (TPSA) is 69.7 Å². The van der Waals surface area contributed by atoms with Crippen LogP contribution in [0.2, 0.25) is 0 Å². The van der Waals surface area contributed by atoms with E-state index < -0.39 is 11.2 Å². The molecule has 5 nitrogen and oxygen atoms in total. The minimum absolute atomic E-state index is 0.126. The first-order valence-electron chi connectivity index (χ1n) is 10.6. The third-order valence-electron chi connectivity index (χ3n) is 9.53. The lowest BCUT2D eigenvalue weighted by molar-refractivity contribution is -0.164. The van der Waals surface area contributed by atoms with Gasteiger partial charge in [-0.3, -0.25) is 9.59 Å². The molecule has 2 aliphatic heterocycles. The smallest absolute Gasteiger partial charge is 0.331 e. The Kier molecular flexibility index (Phi) is 2.91. The molecule has 148 valence electrons. The summed E-state index contributed by atoms with van der Waals surface area (Å²) in [6.07, 6.45) is 10.8. The maximum absolute atomic E-state index is 13.0. The molecule has 7 atom stereocenters. The van der Waals surface area contributed by atoms with E-state index in [-0.39, 0.29) is 46.3 Å². The summed E-state index contributed by atoms with van der Waals surface area (Å²) in [7, 11) is 0. The number of allylic oxidation sites excluding steroid dienone is 1. The fourth-order valence-corrected chi connectivity index (χ4v) is 7.94. The Bertz CT molecular complexity index is 901. The van der Waals surface area contributed by atoms with Crippen molar-refractivity contribution in [3.05, 3.63) is 23.8 Å². The van der Waals surface area contributed by atoms with Crippen molar-refractivity contribution >= 4 is 17.7 Å². The van der Waals surface area contributed by atoms with Gasteiger partial charge in [0.15, 0.2) is 0 Å². The van der Waals surface area contributed by atoms with Gasteiger partial charge in [-0.2, -0.15) is 0 Å². The van der Waals surface area contributed by atoms with Crippen LogP contribution in [0.4, 0.5) is 0 Å². The van der Waals surface area contributed by atoms with E-state index in [0.29, 0.717) is 19.3 Å². The summed E-state index contributed by atoms with van der Waals surface area (Å²) < 4.78 is 11.9. The highest BCUT2D eigenvalue weighted by atomic mass is 16.6. The Morgan fingerprint density at radius 2 is 1.93 bits per heavy atom. The molecule has 2 spiro atoms. The van der Waals surface area contributed by atoms with Gasteiger partial charge in [-0.25, -0.2) is 4.79 Å². The quantitative estimate of drug-likeness (QED) is 0.475. The van der Waals surface area contributed by atoms with Crippen LogP contribution in [-0.2, 0) is 23.9 Å². The summed E-state index contributed by atoms with van der Waals surface area (Å²) in [6.45, 7) is 4.45. The number of ether oxygens (including phenoxy) is 2. The van der Waals surface area contributed by atoms with Crippen molar-refractivity contribution in [1.82, 2.24) is 0 Å². The van der Waals surface area contributed by atoms with E-state index in [0.717, 1.165) is 25.7 Å². The van der Waals surface area contributed by atoms with Gasteiger partial charge in [0, 0.05) is 36.2 Å². The van der Waals surface area contributed by atoms with E-state index in [1.165, 1.54) is 5.57 Å². The Morgan fingerprint density at radius 1 is 1.11 bits per heavy atom. The van der Waals surface area contributed by atoms with Gasteiger partial charge in [0.25, 0.3) is 0 Å². The van der Waals surface area contributed by atoms with Crippen LogP contribution < -0.4 is 0 Å². The molecule has 0 aromatic heterocycles. The van der Waals surface area contributed by atoms with Crippen molar-refractivity contribution in [2.75, 3.05) is 0 Å². The number of hydrogen-bond acceptors (Lipinski definition) is 5. The molecule has 0 aromatic rings. The van der Waals surface area contributed by atoms with Crippen LogP contribution in [0.3, 0.4) is 0 Å². The molecule has 28 heavy (non-hydrogen) atoms. The number of ketones is 1. The van der Waals surface area contributed by atoms with Gasteiger partial charge in [-0.05, 0) is 43.6 Å². The molecule has 2 bridgehead atoms. The molecule has 1 saturated heterocycles. The first-order chi connectivity index (χ1) is 13.2. The van der Waals surface area contributed by atoms with Crippen LogP contribution in [-0.4, -0.2) is 28.9 Å². The number of carbonyl (C=O) groups is 3. The van der Waals surface area contributed by atoms with E-state index >= 15 is 0 Å². The van der Waals surface area contributed by atoms with Gasteiger partial charge in [-0.1, -0.05) is 25.5 Å². The molecule has 0 aromatic carbocycles. The summed E-state index contributed by atoms with van der Waals surface area (Å²) in [5.41, 5.74) is -0.302. The third-order valence-corrected chi connectivity index (χ3v) is 9.53. The van der Waals surface area contributed by atoms with E-state index in [2.05, 4.69) is 19.9 Å². The number of hydrogen-bond donors (Lipinski definition) is 0. The SMILES string of the molecule is C[C@]12CC=C3[C@@H]([C@H]4C[C@]5(CC(=O)CC[C@]35C)OC4=O)[C@@H]1CC[C@@]21C=CC(=O)O1. The number of rotatable bonds is 0. The van der Waals surface area contributed by atoms with E-state index in [9.17, 15) is 14.4 Å². The van der Waals surface area contributed by atoms with Gasteiger partial charge >= 0.3 is 11.9 Å². The number of Topliss-reactive ketones (excluding diaryl/α,β-unsaturated/α-hetero) is 1. The molecule has 6 aliphatic rings. The molecule has 0 unspecified atom stereocenters. The lowest BCUT2D eigenvalue weighted by Crippen LogP contribution is -2.59. The lowest BCUT2D eigenvalue weighted by Gasteiger charge is -2.58. The van der Waals surface area contributed by atoms with Crippen LogP contribution >= 0.6 is 0 Å². The molecule has 2 heterocycles. The molecular weight excluding hydrogens is 356 g/mol. The monoisotopic (exact) mass is 382 g/mol. The molecule has 4 fully saturated rings. The Hall–Kier alpha value is -1.91. The highest BCUT2D eigenvalue weighted by molar-refractivity contribution is 5.86. The van der Waals surface area contributed by atoms with Crippen molar-refractivity contribution in [1.29, 1.82) is 0 Å². The highest BCUT2D eigenvalue weighted by Gasteiger charge is 2.73. The fraction of sp³-hybridized carbons (Fsp3) is 0.696. The number of esters is 2. The Morgan fingerprint density at radius 3 is 2.68 bits per heavy atom. The van der Waals surface area contributed by atoms with E-state index in [4.69, 9.17) is 9.47 Å². The molecule has 0 radical (unpaired) electrons. The summed E-state index contributed by atoms with van der Waals surface area (Å²) in [5.74, 6) is 0.0775. The van der Waals surface area contributed by atoms with Crippen LogP contribution in [0, 0.1) is 28.6 Å². The van der Waals surface area contributed by atoms with Crippen molar-refractivity contribution in [3.8, 4) is 0 Å². The summed E-state index contributed by atoms with van der Waals surface area (Å²) in [6, 6.07) is 0. The van der Waals surface area contributed by atoms with Gasteiger partial charge < -0.3 is 9.47 Å². The molecule has 0 amide bonds. The van der Waals surface area contributed by atoms with Gasteiger partial charge in [0.2, 0.25) is 0 Å². The zero-order chi connectivity index (χ0) is 19.5. The zero-order valence-electron chi connectivity index (χ0n) is 16.5. The molecule has 0 N–H and O–H groups in total. The zero-order valence-corrected chi connectivity index (χ0v) is 16.5. The average Bonchev–Trinajstić information content (AvgIpc) is 3.26. The van der Waals surface area contributed by atoms with Crippen molar-refractivity contribution in [3.63, 3.8) is 0 Å². The summed E-state index contributed by atoms with van der Waals surface area (Å²) in [4.78, 5) is 37.2. The second-order valence-electron chi connectivity index (χ2n) is 10.4. The Balaban J connectivity index is 1.49. The molecular formula is C23H26O5. The largest absolute Gasteiger partial charge is 0.457 e. The minimum atomic E-state index is -0.643. The maximum Gasteiger partial charge on any atom is 0.331 e. The second kappa shape index (κ2) is 4.80. The average molecular weight is 382 g/mol. The predicted molar refractivity (Wildman–Crippen MR) is 98.9 cm³/mol. The van der Waals surface area contributed by atoms with E-state index in [1.807, 2.05) is 6.08 Å².